The molecule has 3 aromatic rings. The number of nitrogens with zero attached hydrogens (tertiary/aromatic N) is 1. The molecule has 1 aromatic carbocycles. The molecule has 21 heavy (non-hydrogen) atoms. The van der Waals surface area contributed by atoms with Crippen molar-refractivity contribution in [1.82, 2.24) is 4.90 Å². The fraction of sp³-hybridized carbons (Fsp3) is 0.294. The quantitative estimate of drug-likeness (QED) is 0.614. The average molecular weight is 362 g/mol. The van der Waals surface area contributed by atoms with Gasteiger partial charge in [0.05, 0.1) is 6.26 Å². The fourth-order valence-electron chi connectivity index (χ4n) is 3.23. The Balaban J connectivity index is 1.91. The van der Waals surface area contributed by atoms with Crippen LogP contribution in [0, 0.1) is 0 Å². The molecule has 0 saturated carbocycles. The molecular formula is C17H16BrNOS. The molecule has 1 aliphatic heterocycles. The molecule has 0 aliphatic carbocycles. The van der Waals surface area contributed by atoms with Gasteiger partial charge >= 0.3 is 0 Å². The Hall–Kier alpha value is -1.10. The Bertz CT molecular complexity index is 791. The topological polar surface area (TPSA) is 16.4 Å². The van der Waals surface area contributed by atoms with E-state index in [0.717, 1.165) is 25.1 Å². The van der Waals surface area contributed by atoms with Gasteiger partial charge in [0.1, 0.15) is 5.58 Å². The van der Waals surface area contributed by atoms with E-state index in [-0.39, 0.29) is 0 Å². The highest BCUT2D eigenvalue weighted by Crippen LogP contribution is 2.41. The smallest absolute Gasteiger partial charge is 0.137 e. The third kappa shape index (κ3) is 2.26. The van der Waals surface area contributed by atoms with Gasteiger partial charge in [0.25, 0.3) is 0 Å². The first-order valence-electron chi connectivity index (χ1n) is 7.14. The van der Waals surface area contributed by atoms with E-state index in [9.17, 15) is 0 Å². The zero-order valence-corrected chi connectivity index (χ0v) is 14.2. The summed E-state index contributed by atoms with van der Waals surface area (Å²) in [6.45, 7) is 2.15. The molecule has 0 N–H and O–H groups in total. The summed E-state index contributed by atoms with van der Waals surface area (Å²) in [6.07, 6.45) is 2.90. The molecular weight excluding hydrogens is 346 g/mol. The number of hydrogen-bond acceptors (Lipinski definition) is 3. The minimum atomic E-state index is 0.388. The van der Waals surface area contributed by atoms with Crippen molar-refractivity contribution in [2.45, 2.75) is 12.3 Å². The van der Waals surface area contributed by atoms with Gasteiger partial charge in [-0.05, 0) is 41.0 Å². The van der Waals surface area contributed by atoms with Crippen molar-refractivity contribution >= 4 is 38.2 Å². The molecule has 1 atom stereocenters. The first-order valence-corrected chi connectivity index (χ1v) is 8.81. The third-order valence-electron chi connectivity index (χ3n) is 4.31. The molecule has 0 radical (unpaired) electrons. The van der Waals surface area contributed by atoms with Crippen LogP contribution in [-0.4, -0.2) is 25.0 Å². The second-order valence-electron chi connectivity index (χ2n) is 5.68. The Kier molecular flexibility index (Phi) is 3.40. The third-order valence-corrected chi connectivity index (χ3v) is 6.46. The molecule has 0 fully saturated rings. The first kappa shape index (κ1) is 13.6. The monoisotopic (exact) mass is 361 g/mol. The van der Waals surface area contributed by atoms with Crippen LogP contribution in [0.1, 0.15) is 21.9 Å². The summed E-state index contributed by atoms with van der Waals surface area (Å²) in [5, 5.41) is 3.42. The number of halogens is 1. The molecule has 108 valence electrons. The summed E-state index contributed by atoms with van der Waals surface area (Å²) >= 11 is 5.58. The Labute approximate surface area is 136 Å². The maximum atomic E-state index is 5.77. The number of furan rings is 1. The van der Waals surface area contributed by atoms with Gasteiger partial charge in [-0.2, -0.15) is 0 Å². The average Bonchev–Trinajstić information content (AvgIpc) is 3.05. The van der Waals surface area contributed by atoms with Crippen LogP contribution in [0.25, 0.3) is 11.0 Å². The zero-order valence-electron chi connectivity index (χ0n) is 11.8. The van der Waals surface area contributed by atoms with Crippen LogP contribution in [0.4, 0.5) is 0 Å². The molecule has 2 nitrogen and oxygen atoms in total. The summed E-state index contributed by atoms with van der Waals surface area (Å²) in [6, 6.07) is 8.52. The predicted molar refractivity (Wildman–Crippen MR) is 91.3 cm³/mol. The minimum Gasteiger partial charge on any atom is -0.464 e. The lowest BCUT2D eigenvalue weighted by molar-refractivity contribution is 0.338. The number of benzene rings is 1. The summed E-state index contributed by atoms with van der Waals surface area (Å²) in [5.41, 5.74) is 3.81. The van der Waals surface area contributed by atoms with Gasteiger partial charge < -0.3 is 9.32 Å². The van der Waals surface area contributed by atoms with E-state index in [1.807, 2.05) is 17.4 Å². The standard InChI is InChI=1S/C17H16BrNOS/c1-19-7-5-13-15(18)10-21-17(13)14(9-19)12-4-2-3-11-6-8-20-16(11)12/h2-4,6,8,10,14H,5,7,9H2,1H3. The second-order valence-corrected chi connectivity index (χ2v) is 7.44. The highest BCUT2D eigenvalue weighted by atomic mass is 79.9. The van der Waals surface area contributed by atoms with Gasteiger partial charge in [0.15, 0.2) is 0 Å². The Morgan fingerprint density at radius 2 is 2.24 bits per heavy atom. The molecule has 4 rings (SSSR count). The Morgan fingerprint density at radius 1 is 1.33 bits per heavy atom. The number of likely N-dealkylation sites (N-methyl/N-ethyl adjacent to an activating group) is 1. The molecule has 0 saturated heterocycles. The summed E-state index contributed by atoms with van der Waals surface area (Å²) < 4.78 is 7.03. The summed E-state index contributed by atoms with van der Waals surface area (Å²) in [4.78, 5) is 3.90. The highest BCUT2D eigenvalue weighted by molar-refractivity contribution is 9.10. The molecule has 4 heteroatoms. The van der Waals surface area contributed by atoms with E-state index in [0.29, 0.717) is 5.92 Å². The van der Waals surface area contributed by atoms with E-state index < -0.39 is 0 Å². The van der Waals surface area contributed by atoms with Crippen LogP contribution in [0.3, 0.4) is 0 Å². The van der Waals surface area contributed by atoms with Crippen LogP contribution in [0.15, 0.2) is 44.8 Å². The molecule has 0 amide bonds. The van der Waals surface area contributed by atoms with Crippen LogP contribution < -0.4 is 0 Å². The van der Waals surface area contributed by atoms with Gasteiger partial charge in [-0.3, -0.25) is 0 Å². The lowest BCUT2D eigenvalue weighted by atomic mass is 9.94. The summed E-state index contributed by atoms with van der Waals surface area (Å²) in [5.74, 6) is 0.388. The van der Waals surface area contributed by atoms with Gasteiger partial charge in [-0.25, -0.2) is 0 Å². The van der Waals surface area contributed by atoms with Gasteiger partial charge in [-0.15, -0.1) is 11.3 Å². The van der Waals surface area contributed by atoms with Crippen molar-refractivity contribution in [2.24, 2.45) is 0 Å². The first-order chi connectivity index (χ1) is 10.2. The number of fused-ring (bicyclic) bond motifs is 2. The number of thiophene rings is 1. The predicted octanol–water partition coefficient (Wildman–Crippen LogP) is 4.88. The van der Waals surface area contributed by atoms with Crippen LogP contribution >= 0.6 is 27.3 Å². The van der Waals surface area contributed by atoms with Gasteiger partial charge in [0, 0.05) is 44.7 Å². The maximum Gasteiger partial charge on any atom is 0.137 e. The molecule has 0 bridgehead atoms. The van der Waals surface area contributed by atoms with E-state index in [1.165, 1.54) is 25.9 Å². The summed E-state index contributed by atoms with van der Waals surface area (Å²) in [7, 11) is 2.21. The largest absolute Gasteiger partial charge is 0.464 e. The Morgan fingerprint density at radius 3 is 3.14 bits per heavy atom. The molecule has 1 aliphatic rings. The van der Waals surface area contributed by atoms with E-state index in [1.54, 1.807) is 6.26 Å². The van der Waals surface area contributed by atoms with Crippen LogP contribution in [0.5, 0.6) is 0 Å². The van der Waals surface area contributed by atoms with Crippen molar-refractivity contribution in [3.63, 3.8) is 0 Å². The highest BCUT2D eigenvalue weighted by Gasteiger charge is 2.27. The second kappa shape index (κ2) is 5.27. The van der Waals surface area contributed by atoms with Crippen LogP contribution in [-0.2, 0) is 6.42 Å². The number of rotatable bonds is 1. The van der Waals surface area contributed by atoms with Gasteiger partial charge in [0.2, 0.25) is 0 Å². The maximum absolute atomic E-state index is 5.77. The molecule has 1 unspecified atom stereocenters. The SMILES string of the molecule is CN1CCc2c(Br)csc2C(c2cccc3ccoc23)C1. The lowest BCUT2D eigenvalue weighted by Gasteiger charge is -2.20. The van der Waals surface area contributed by atoms with Crippen molar-refractivity contribution in [3.8, 4) is 0 Å². The van der Waals surface area contributed by atoms with Gasteiger partial charge in [-0.1, -0.05) is 18.2 Å². The van der Waals surface area contributed by atoms with E-state index >= 15 is 0 Å². The van der Waals surface area contributed by atoms with Crippen molar-refractivity contribution in [1.29, 1.82) is 0 Å². The van der Waals surface area contributed by atoms with Crippen molar-refractivity contribution < 1.29 is 4.42 Å². The number of para-hydroxylation sites is 1. The fourth-order valence-corrected chi connectivity index (χ4v) is 5.15. The minimum absolute atomic E-state index is 0.388. The zero-order chi connectivity index (χ0) is 14.4. The number of hydrogen-bond donors (Lipinski definition) is 0. The van der Waals surface area contributed by atoms with Crippen molar-refractivity contribution in [2.75, 3.05) is 20.1 Å². The van der Waals surface area contributed by atoms with Crippen molar-refractivity contribution in [3.05, 3.63) is 56.4 Å². The molecule has 2 aromatic heterocycles. The normalized spacial score (nSPS) is 19.6. The molecule has 3 heterocycles. The molecule has 0 spiro atoms. The van der Waals surface area contributed by atoms with E-state index in [4.69, 9.17) is 4.42 Å². The van der Waals surface area contributed by atoms with Crippen LogP contribution in [0.2, 0.25) is 0 Å². The lowest BCUT2D eigenvalue weighted by Crippen LogP contribution is -2.24. The van der Waals surface area contributed by atoms with E-state index in [2.05, 4.69) is 51.5 Å².